The summed E-state index contributed by atoms with van der Waals surface area (Å²) in [5, 5.41) is 0. The largest absolute Gasteiger partial charge is 0.416 e. The molecule has 0 amide bonds. The molecule has 4 nitrogen and oxygen atoms in total. The Bertz CT molecular complexity index is 861. The third-order valence-corrected chi connectivity index (χ3v) is 4.48. The van der Waals surface area contributed by atoms with Crippen LogP contribution in [0.2, 0.25) is 0 Å². The number of halogens is 4. The van der Waals surface area contributed by atoms with Crippen LogP contribution in [0.4, 0.5) is 13.2 Å². The van der Waals surface area contributed by atoms with Gasteiger partial charge in [0.25, 0.3) is 5.56 Å². The average molecular weight is 379 g/mol. The van der Waals surface area contributed by atoms with Crippen LogP contribution in [0.1, 0.15) is 24.2 Å². The number of aryl methyl sites for hydroxylation is 1. The second-order valence-corrected chi connectivity index (χ2v) is 6.49. The first-order chi connectivity index (χ1) is 11.2. The maximum Gasteiger partial charge on any atom is 0.416 e. The smallest absolute Gasteiger partial charge is 0.269 e. The van der Waals surface area contributed by atoms with Crippen LogP contribution in [-0.4, -0.2) is 14.9 Å². The summed E-state index contributed by atoms with van der Waals surface area (Å²) in [6.45, 7) is 3.14. The molecule has 130 valence electrons. The number of hydrogen-bond donors (Lipinski definition) is 0. The molecular formula is C15H14ClF3N2O2S. The lowest BCUT2D eigenvalue weighted by molar-refractivity contribution is -0.137. The zero-order valence-electron chi connectivity index (χ0n) is 12.8. The number of rotatable bonds is 4. The van der Waals surface area contributed by atoms with Crippen LogP contribution in [-0.2, 0) is 6.18 Å². The van der Waals surface area contributed by atoms with Crippen LogP contribution >= 0.6 is 21.7 Å². The first-order valence-corrected chi connectivity index (χ1v) is 8.74. The molecule has 0 aliphatic carbocycles. The summed E-state index contributed by atoms with van der Waals surface area (Å²) in [6, 6.07) is 5.13. The van der Waals surface area contributed by atoms with Gasteiger partial charge in [-0.3, -0.25) is 13.9 Å². The Morgan fingerprint density at radius 1 is 1.25 bits per heavy atom. The number of aromatic nitrogens is 2. The molecule has 0 radical (unpaired) electrons. The van der Waals surface area contributed by atoms with E-state index >= 15 is 0 Å². The van der Waals surface area contributed by atoms with E-state index in [1.807, 2.05) is 0 Å². The molecule has 0 spiro atoms. The van der Waals surface area contributed by atoms with Crippen LogP contribution in [0.25, 0.3) is 5.69 Å². The van der Waals surface area contributed by atoms with Crippen LogP contribution in [0.15, 0.2) is 39.9 Å². The molecule has 1 atom stereocenters. The lowest BCUT2D eigenvalue weighted by Gasteiger charge is -2.17. The van der Waals surface area contributed by atoms with E-state index in [0.29, 0.717) is 5.75 Å². The molecule has 0 saturated heterocycles. The Kier molecular flexibility index (Phi) is 5.49. The van der Waals surface area contributed by atoms with E-state index in [0.717, 1.165) is 32.2 Å². The molecule has 24 heavy (non-hydrogen) atoms. The van der Waals surface area contributed by atoms with Crippen LogP contribution in [0.5, 0.6) is 0 Å². The maximum atomic E-state index is 12.9. The summed E-state index contributed by atoms with van der Waals surface area (Å²) in [6.07, 6.45) is -4.52. The minimum absolute atomic E-state index is 0.0480. The van der Waals surface area contributed by atoms with Crippen LogP contribution in [0.3, 0.4) is 0 Å². The average Bonchev–Trinajstić information content (AvgIpc) is 2.46. The topological polar surface area (TPSA) is 44.0 Å². The molecule has 1 aromatic carbocycles. The number of benzene rings is 1. The van der Waals surface area contributed by atoms with Gasteiger partial charge in [-0.25, -0.2) is 4.79 Å². The van der Waals surface area contributed by atoms with E-state index in [1.54, 1.807) is 6.92 Å². The van der Waals surface area contributed by atoms with Crippen molar-refractivity contribution < 1.29 is 13.2 Å². The fourth-order valence-electron chi connectivity index (χ4n) is 2.37. The van der Waals surface area contributed by atoms with Gasteiger partial charge in [-0.1, -0.05) is 17.0 Å². The van der Waals surface area contributed by atoms with Gasteiger partial charge in [0.1, 0.15) is 0 Å². The standard InChI is InChI=1S/C15H14ClF3N2O2S/c1-9-6-13(22)21(10(2)8-24-16)14(23)20(9)12-5-3-4-11(7-12)15(17,18)19/h3-7,10H,8H2,1-2H3. The van der Waals surface area contributed by atoms with Crippen molar-refractivity contribution in [1.29, 1.82) is 0 Å². The SMILES string of the molecule is Cc1cc(=O)n(C(C)CSCl)c(=O)n1-c1cccc(C(F)(F)F)c1. The van der Waals surface area contributed by atoms with Crippen LogP contribution < -0.4 is 11.2 Å². The van der Waals surface area contributed by atoms with Crippen molar-refractivity contribution >= 4 is 21.7 Å². The molecule has 0 saturated carbocycles. The van der Waals surface area contributed by atoms with Crippen LogP contribution in [0, 0.1) is 6.92 Å². The van der Waals surface area contributed by atoms with E-state index in [2.05, 4.69) is 0 Å². The molecule has 0 aliphatic heterocycles. The van der Waals surface area contributed by atoms with Gasteiger partial charge in [-0.2, -0.15) is 13.2 Å². The van der Waals surface area contributed by atoms with Crippen molar-refractivity contribution in [2.24, 2.45) is 0 Å². The van der Waals surface area contributed by atoms with E-state index in [4.69, 9.17) is 10.7 Å². The second-order valence-electron chi connectivity index (χ2n) is 5.28. The lowest BCUT2D eigenvalue weighted by atomic mass is 10.2. The van der Waals surface area contributed by atoms with Crippen molar-refractivity contribution in [3.63, 3.8) is 0 Å². The molecule has 0 fully saturated rings. The molecule has 0 N–H and O–H groups in total. The molecular weight excluding hydrogens is 365 g/mol. The van der Waals surface area contributed by atoms with Crippen molar-refractivity contribution in [2.45, 2.75) is 26.1 Å². The number of hydrogen-bond acceptors (Lipinski definition) is 3. The first-order valence-electron chi connectivity index (χ1n) is 6.93. The van der Waals surface area contributed by atoms with Gasteiger partial charge >= 0.3 is 11.9 Å². The fourth-order valence-corrected chi connectivity index (χ4v) is 3.25. The highest BCUT2D eigenvalue weighted by molar-refractivity contribution is 8.21. The highest BCUT2D eigenvalue weighted by Gasteiger charge is 2.30. The number of nitrogens with zero attached hydrogens (tertiary/aromatic N) is 2. The van der Waals surface area contributed by atoms with Gasteiger partial charge in [-0.15, -0.1) is 0 Å². The highest BCUT2D eigenvalue weighted by Crippen LogP contribution is 2.30. The third kappa shape index (κ3) is 3.70. The van der Waals surface area contributed by atoms with E-state index in [9.17, 15) is 22.8 Å². The third-order valence-electron chi connectivity index (χ3n) is 3.50. The van der Waals surface area contributed by atoms with Crippen molar-refractivity contribution in [1.82, 2.24) is 9.13 Å². The van der Waals surface area contributed by atoms with Gasteiger partial charge in [0.2, 0.25) is 0 Å². The summed E-state index contributed by atoms with van der Waals surface area (Å²) in [5.41, 5.74) is -1.78. The Hall–Kier alpha value is -1.67. The Morgan fingerprint density at radius 2 is 1.92 bits per heavy atom. The van der Waals surface area contributed by atoms with E-state index in [1.165, 1.54) is 25.1 Å². The predicted octanol–water partition coefficient (Wildman–Crippen LogP) is 3.77. The zero-order valence-corrected chi connectivity index (χ0v) is 14.4. The highest BCUT2D eigenvalue weighted by atomic mass is 35.7. The monoisotopic (exact) mass is 378 g/mol. The molecule has 0 aliphatic rings. The van der Waals surface area contributed by atoms with Crippen molar-refractivity contribution in [3.8, 4) is 5.69 Å². The summed E-state index contributed by atoms with van der Waals surface area (Å²) >= 11 is 0. The van der Waals surface area contributed by atoms with Gasteiger partial charge in [0.15, 0.2) is 0 Å². The van der Waals surface area contributed by atoms with Gasteiger partial charge in [0.05, 0.1) is 11.3 Å². The quantitative estimate of drug-likeness (QED) is 0.813. The molecule has 9 heteroatoms. The Balaban J connectivity index is 2.70. The van der Waals surface area contributed by atoms with Gasteiger partial charge in [0, 0.05) is 23.6 Å². The molecule has 0 bridgehead atoms. The zero-order chi connectivity index (χ0) is 18.1. The number of alkyl halides is 3. The molecule has 1 heterocycles. The summed E-state index contributed by atoms with van der Waals surface area (Å²) in [5.74, 6) is 0.308. The summed E-state index contributed by atoms with van der Waals surface area (Å²) in [4.78, 5) is 24.8. The molecule has 2 rings (SSSR count). The summed E-state index contributed by atoms with van der Waals surface area (Å²) in [7, 11) is 6.53. The fraction of sp³-hybridized carbons (Fsp3) is 0.333. The predicted molar refractivity (Wildman–Crippen MR) is 89.1 cm³/mol. The molecule has 1 unspecified atom stereocenters. The van der Waals surface area contributed by atoms with Crippen molar-refractivity contribution in [3.05, 3.63) is 62.4 Å². The lowest BCUT2D eigenvalue weighted by Crippen LogP contribution is -2.42. The Labute approximate surface area is 144 Å². The minimum Gasteiger partial charge on any atom is -0.269 e. The summed E-state index contributed by atoms with van der Waals surface area (Å²) < 4.78 is 40.8. The Morgan fingerprint density at radius 3 is 2.50 bits per heavy atom. The normalized spacial score (nSPS) is 13.1. The first kappa shape index (κ1) is 18.7. The van der Waals surface area contributed by atoms with Gasteiger partial charge in [-0.05, 0) is 42.7 Å². The maximum absolute atomic E-state index is 12.9. The van der Waals surface area contributed by atoms with E-state index < -0.39 is 29.0 Å². The molecule has 1 aromatic heterocycles. The second kappa shape index (κ2) is 7.06. The minimum atomic E-state index is -4.52. The van der Waals surface area contributed by atoms with Gasteiger partial charge < -0.3 is 0 Å². The van der Waals surface area contributed by atoms with E-state index in [-0.39, 0.29) is 11.4 Å². The molecule has 2 aromatic rings. The van der Waals surface area contributed by atoms with Crippen molar-refractivity contribution in [2.75, 3.05) is 5.75 Å².